The van der Waals surface area contributed by atoms with Gasteiger partial charge in [0.1, 0.15) is 0 Å². The fourth-order valence-electron chi connectivity index (χ4n) is 1.57. The first kappa shape index (κ1) is 9.65. The molecule has 0 atom stereocenters. The van der Waals surface area contributed by atoms with Crippen LogP contribution in [0.4, 0.5) is 0 Å². The average molecular weight is 202 g/mol. The lowest BCUT2D eigenvalue weighted by atomic mass is 10.0. The van der Waals surface area contributed by atoms with Gasteiger partial charge in [0.25, 0.3) is 0 Å². The second kappa shape index (κ2) is 3.69. The van der Waals surface area contributed by atoms with Crippen molar-refractivity contribution < 1.29 is 14.3 Å². The molecule has 0 aliphatic carbocycles. The normalized spacial score (nSPS) is 19.0. The molecule has 15 heavy (non-hydrogen) atoms. The summed E-state index contributed by atoms with van der Waals surface area (Å²) in [5.41, 5.74) is 2.22. The van der Waals surface area contributed by atoms with Crippen LogP contribution in [0, 0.1) is 0 Å². The molecule has 1 aromatic rings. The van der Waals surface area contributed by atoms with Gasteiger partial charge in [-0.15, -0.1) is 0 Å². The second-order valence-corrected chi connectivity index (χ2v) is 3.41. The number of hydrogen-bond acceptors (Lipinski definition) is 3. The van der Waals surface area contributed by atoms with E-state index in [4.69, 9.17) is 0 Å². The Morgan fingerprint density at radius 3 is 2.40 bits per heavy atom. The molecule has 0 saturated carbocycles. The van der Waals surface area contributed by atoms with Crippen molar-refractivity contribution in [1.29, 1.82) is 0 Å². The summed E-state index contributed by atoms with van der Waals surface area (Å²) in [6.45, 7) is 1.82. The molecular formula is C12H10O3. The lowest BCUT2D eigenvalue weighted by molar-refractivity contribution is -0.151. The van der Waals surface area contributed by atoms with Crippen LogP contribution >= 0.6 is 0 Å². The Morgan fingerprint density at radius 1 is 1.20 bits per heavy atom. The summed E-state index contributed by atoms with van der Waals surface area (Å²) in [6.07, 6.45) is 0.0829. The van der Waals surface area contributed by atoms with Crippen molar-refractivity contribution in [3.63, 3.8) is 0 Å². The van der Waals surface area contributed by atoms with Gasteiger partial charge in [0.2, 0.25) is 0 Å². The number of cyclic esters (lactones) is 2. The molecule has 0 N–H and O–H groups in total. The van der Waals surface area contributed by atoms with Crippen LogP contribution in [0.15, 0.2) is 35.9 Å². The fourth-order valence-corrected chi connectivity index (χ4v) is 1.57. The minimum absolute atomic E-state index is 0.0829. The minimum Gasteiger partial charge on any atom is -0.389 e. The van der Waals surface area contributed by atoms with Gasteiger partial charge in [0, 0.05) is 0 Å². The van der Waals surface area contributed by atoms with E-state index in [1.807, 2.05) is 37.3 Å². The molecule has 3 heteroatoms. The fraction of sp³-hybridized carbons (Fsp3) is 0.167. The smallest absolute Gasteiger partial charge is 0.342 e. The van der Waals surface area contributed by atoms with Crippen molar-refractivity contribution in [2.75, 3.05) is 0 Å². The van der Waals surface area contributed by atoms with Crippen LogP contribution in [0.2, 0.25) is 0 Å². The minimum atomic E-state index is -0.513. The summed E-state index contributed by atoms with van der Waals surface area (Å²) in [6, 6.07) is 9.49. The van der Waals surface area contributed by atoms with Gasteiger partial charge in [-0.05, 0) is 18.1 Å². The molecular weight excluding hydrogens is 192 g/mol. The second-order valence-electron chi connectivity index (χ2n) is 3.41. The van der Waals surface area contributed by atoms with Crippen LogP contribution in [-0.4, -0.2) is 11.9 Å². The van der Waals surface area contributed by atoms with E-state index in [-0.39, 0.29) is 6.42 Å². The molecule has 1 saturated heterocycles. The SMILES string of the molecule is CC(=C1CC(=O)OC1=O)c1ccccc1. The summed E-state index contributed by atoms with van der Waals surface area (Å²) in [4.78, 5) is 22.2. The maximum Gasteiger partial charge on any atom is 0.342 e. The molecule has 76 valence electrons. The molecule has 2 rings (SSSR count). The molecule has 0 radical (unpaired) electrons. The van der Waals surface area contributed by atoms with Crippen molar-refractivity contribution in [2.24, 2.45) is 0 Å². The molecule has 0 amide bonds. The Labute approximate surface area is 87.4 Å². The molecule has 0 aromatic heterocycles. The number of esters is 2. The van der Waals surface area contributed by atoms with Gasteiger partial charge in [-0.2, -0.15) is 0 Å². The van der Waals surface area contributed by atoms with E-state index in [2.05, 4.69) is 4.74 Å². The highest BCUT2D eigenvalue weighted by Crippen LogP contribution is 2.25. The molecule has 0 bridgehead atoms. The van der Waals surface area contributed by atoms with Crippen molar-refractivity contribution >= 4 is 17.5 Å². The Hall–Kier alpha value is -1.90. The lowest BCUT2D eigenvalue weighted by Gasteiger charge is -2.02. The third-order valence-electron chi connectivity index (χ3n) is 2.43. The molecule has 1 heterocycles. The lowest BCUT2D eigenvalue weighted by Crippen LogP contribution is -1.98. The Kier molecular flexibility index (Phi) is 2.37. The predicted molar refractivity (Wildman–Crippen MR) is 54.8 cm³/mol. The van der Waals surface area contributed by atoms with Gasteiger partial charge in [-0.1, -0.05) is 30.3 Å². The molecule has 1 aliphatic rings. The molecule has 3 nitrogen and oxygen atoms in total. The quantitative estimate of drug-likeness (QED) is 0.397. The van der Waals surface area contributed by atoms with Gasteiger partial charge in [-0.25, -0.2) is 4.79 Å². The number of hydrogen-bond donors (Lipinski definition) is 0. The number of carbonyl (C=O) groups excluding carboxylic acids is 2. The van der Waals surface area contributed by atoms with E-state index >= 15 is 0 Å². The van der Waals surface area contributed by atoms with E-state index in [0.29, 0.717) is 5.57 Å². The summed E-state index contributed by atoms with van der Waals surface area (Å²) in [5, 5.41) is 0. The van der Waals surface area contributed by atoms with Crippen LogP contribution in [0.1, 0.15) is 18.9 Å². The van der Waals surface area contributed by atoms with Crippen LogP contribution in [0.3, 0.4) is 0 Å². The number of benzene rings is 1. The largest absolute Gasteiger partial charge is 0.389 e. The molecule has 1 aromatic carbocycles. The van der Waals surface area contributed by atoms with Crippen molar-refractivity contribution in [3.05, 3.63) is 41.5 Å². The van der Waals surface area contributed by atoms with E-state index in [9.17, 15) is 9.59 Å². The summed E-state index contributed by atoms with van der Waals surface area (Å²) in [5.74, 6) is -0.980. The van der Waals surface area contributed by atoms with Crippen LogP contribution < -0.4 is 0 Å². The first-order valence-corrected chi connectivity index (χ1v) is 4.68. The number of rotatable bonds is 1. The highest BCUT2D eigenvalue weighted by Gasteiger charge is 2.28. The summed E-state index contributed by atoms with van der Waals surface area (Å²) in [7, 11) is 0. The number of ether oxygens (including phenoxy) is 1. The zero-order chi connectivity index (χ0) is 10.8. The Balaban J connectivity index is 2.42. The maximum absolute atomic E-state index is 11.3. The van der Waals surface area contributed by atoms with Crippen LogP contribution in [0.25, 0.3) is 5.57 Å². The molecule has 0 unspecified atom stereocenters. The van der Waals surface area contributed by atoms with Crippen LogP contribution in [-0.2, 0) is 14.3 Å². The van der Waals surface area contributed by atoms with Gasteiger partial charge in [0.15, 0.2) is 0 Å². The third kappa shape index (κ3) is 1.81. The van der Waals surface area contributed by atoms with Crippen molar-refractivity contribution in [1.82, 2.24) is 0 Å². The van der Waals surface area contributed by atoms with Gasteiger partial charge in [0.05, 0.1) is 12.0 Å². The van der Waals surface area contributed by atoms with Gasteiger partial charge in [-0.3, -0.25) is 4.79 Å². The molecule has 1 aliphatic heterocycles. The number of carbonyl (C=O) groups is 2. The van der Waals surface area contributed by atoms with E-state index in [1.54, 1.807) is 0 Å². The zero-order valence-corrected chi connectivity index (χ0v) is 8.32. The monoisotopic (exact) mass is 202 g/mol. The van der Waals surface area contributed by atoms with E-state index < -0.39 is 11.9 Å². The Bertz CT molecular complexity index is 443. The zero-order valence-electron chi connectivity index (χ0n) is 8.32. The van der Waals surface area contributed by atoms with Gasteiger partial charge < -0.3 is 4.74 Å². The maximum atomic E-state index is 11.3. The van der Waals surface area contributed by atoms with Crippen molar-refractivity contribution in [2.45, 2.75) is 13.3 Å². The third-order valence-corrected chi connectivity index (χ3v) is 2.43. The van der Waals surface area contributed by atoms with Gasteiger partial charge >= 0.3 is 11.9 Å². The molecule has 1 fully saturated rings. The topological polar surface area (TPSA) is 43.4 Å². The number of allylic oxidation sites excluding steroid dienone is 1. The predicted octanol–water partition coefficient (Wildman–Crippen LogP) is 1.93. The average Bonchev–Trinajstić information content (AvgIpc) is 2.58. The first-order valence-electron chi connectivity index (χ1n) is 4.68. The van der Waals surface area contributed by atoms with E-state index in [0.717, 1.165) is 11.1 Å². The molecule has 0 spiro atoms. The Morgan fingerprint density at radius 2 is 1.87 bits per heavy atom. The highest BCUT2D eigenvalue weighted by atomic mass is 16.6. The van der Waals surface area contributed by atoms with E-state index in [1.165, 1.54) is 0 Å². The highest BCUT2D eigenvalue weighted by molar-refractivity contribution is 6.10. The summed E-state index contributed by atoms with van der Waals surface area (Å²) >= 11 is 0. The van der Waals surface area contributed by atoms with Crippen LogP contribution in [0.5, 0.6) is 0 Å². The standard InChI is InChI=1S/C12H10O3/c1-8(9-5-3-2-4-6-9)10-7-11(13)15-12(10)14/h2-6H,7H2,1H3. The van der Waals surface area contributed by atoms with Crippen molar-refractivity contribution in [3.8, 4) is 0 Å². The summed E-state index contributed by atoms with van der Waals surface area (Å²) < 4.78 is 4.48. The first-order chi connectivity index (χ1) is 7.18.